The van der Waals surface area contributed by atoms with Crippen molar-refractivity contribution in [1.82, 2.24) is 4.90 Å². The molecule has 1 aliphatic carbocycles. The van der Waals surface area contributed by atoms with Gasteiger partial charge in [0.1, 0.15) is 5.76 Å². The van der Waals surface area contributed by atoms with Crippen molar-refractivity contribution in [3.63, 3.8) is 0 Å². The molecular formula is C11H16BrNO2. The van der Waals surface area contributed by atoms with E-state index >= 15 is 0 Å². The molecule has 15 heavy (non-hydrogen) atoms. The Morgan fingerprint density at radius 1 is 1.47 bits per heavy atom. The topological polar surface area (TPSA) is 36.6 Å². The third kappa shape index (κ3) is 2.83. The molecule has 0 saturated heterocycles. The van der Waals surface area contributed by atoms with Gasteiger partial charge in [0.15, 0.2) is 4.67 Å². The molecule has 0 spiro atoms. The van der Waals surface area contributed by atoms with Crippen molar-refractivity contribution in [1.29, 1.82) is 0 Å². The van der Waals surface area contributed by atoms with E-state index in [1.54, 1.807) is 0 Å². The Kier molecular flexibility index (Phi) is 3.83. The lowest BCUT2D eigenvalue weighted by atomic mass is 9.91. The lowest BCUT2D eigenvalue weighted by molar-refractivity contribution is 0.0875. The average molecular weight is 274 g/mol. The Balaban J connectivity index is 1.93. The molecule has 0 bridgehead atoms. The Hall–Kier alpha value is -0.320. The van der Waals surface area contributed by atoms with E-state index in [1.807, 2.05) is 12.1 Å². The summed E-state index contributed by atoms with van der Waals surface area (Å²) in [5.41, 5.74) is 0. The highest BCUT2D eigenvalue weighted by molar-refractivity contribution is 9.10. The minimum Gasteiger partial charge on any atom is -0.453 e. The Morgan fingerprint density at radius 3 is 2.73 bits per heavy atom. The van der Waals surface area contributed by atoms with Crippen LogP contribution in [0.15, 0.2) is 21.2 Å². The predicted molar refractivity (Wildman–Crippen MR) is 61.5 cm³/mol. The van der Waals surface area contributed by atoms with Crippen molar-refractivity contribution in [2.45, 2.75) is 31.8 Å². The summed E-state index contributed by atoms with van der Waals surface area (Å²) in [5.74, 6) is 0.960. The van der Waals surface area contributed by atoms with Gasteiger partial charge in [-0.3, -0.25) is 4.90 Å². The van der Waals surface area contributed by atoms with E-state index in [1.165, 1.54) is 19.3 Å². The number of rotatable bonds is 5. The first kappa shape index (κ1) is 11.2. The van der Waals surface area contributed by atoms with Gasteiger partial charge in [0.05, 0.1) is 13.2 Å². The molecule has 4 heteroatoms. The summed E-state index contributed by atoms with van der Waals surface area (Å²) in [6.07, 6.45) is 3.82. The van der Waals surface area contributed by atoms with Crippen molar-refractivity contribution in [2.24, 2.45) is 0 Å². The quantitative estimate of drug-likeness (QED) is 0.895. The molecule has 3 nitrogen and oxygen atoms in total. The molecule has 1 fully saturated rings. The van der Waals surface area contributed by atoms with Gasteiger partial charge in [0.2, 0.25) is 0 Å². The lowest BCUT2D eigenvalue weighted by Crippen LogP contribution is -2.41. The first-order valence-corrected chi connectivity index (χ1v) is 6.18. The molecular weight excluding hydrogens is 258 g/mol. The van der Waals surface area contributed by atoms with Crippen LogP contribution in [0.5, 0.6) is 0 Å². The molecule has 0 aromatic carbocycles. The first-order chi connectivity index (χ1) is 7.29. The zero-order chi connectivity index (χ0) is 10.7. The molecule has 0 amide bonds. The molecule has 0 aliphatic heterocycles. The van der Waals surface area contributed by atoms with E-state index in [4.69, 9.17) is 9.52 Å². The summed E-state index contributed by atoms with van der Waals surface area (Å²) >= 11 is 3.29. The molecule has 84 valence electrons. The second-order valence-electron chi connectivity index (χ2n) is 3.98. The number of hydrogen-bond donors (Lipinski definition) is 1. The van der Waals surface area contributed by atoms with Crippen LogP contribution in [0.1, 0.15) is 25.0 Å². The molecule has 0 unspecified atom stereocenters. The van der Waals surface area contributed by atoms with Crippen molar-refractivity contribution in [2.75, 3.05) is 13.2 Å². The van der Waals surface area contributed by atoms with Crippen LogP contribution in [0.25, 0.3) is 0 Å². The van der Waals surface area contributed by atoms with Crippen molar-refractivity contribution in [3.8, 4) is 0 Å². The summed E-state index contributed by atoms with van der Waals surface area (Å²) in [7, 11) is 0. The van der Waals surface area contributed by atoms with Crippen LogP contribution >= 0.6 is 15.9 Å². The van der Waals surface area contributed by atoms with Crippen LogP contribution in [0.3, 0.4) is 0 Å². The predicted octanol–water partition coefficient (Wildman–Crippen LogP) is 2.39. The van der Waals surface area contributed by atoms with Gasteiger partial charge in [-0.25, -0.2) is 0 Å². The van der Waals surface area contributed by atoms with Gasteiger partial charge >= 0.3 is 0 Å². The minimum atomic E-state index is 0.221. The number of halogens is 1. The zero-order valence-electron chi connectivity index (χ0n) is 8.66. The molecule has 0 atom stereocenters. The molecule has 0 radical (unpaired) electrons. The lowest BCUT2D eigenvalue weighted by Gasteiger charge is -2.36. The molecule has 1 heterocycles. The second-order valence-corrected chi connectivity index (χ2v) is 4.77. The van der Waals surface area contributed by atoms with Crippen LogP contribution in [0.4, 0.5) is 0 Å². The standard InChI is InChI=1S/C11H16BrNO2/c12-11-5-4-10(15-11)8-13(6-7-14)9-2-1-3-9/h4-5,9,14H,1-3,6-8H2. The third-order valence-electron chi connectivity index (χ3n) is 2.97. The van der Waals surface area contributed by atoms with Crippen molar-refractivity contribution in [3.05, 3.63) is 22.6 Å². The van der Waals surface area contributed by atoms with Crippen LogP contribution < -0.4 is 0 Å². The Bertz CT molecular complexity index is 309. The van der Waals surface area contributed by atoms with Gasteiger partial charge in [-0.05, 0) is 40.9 Å². The molecule has 1 aromatic rings. The van der Waals surface area contributed by atoms with Gasteiger partial charge in [0.25, 0.3) is 0 Å². The summed E-state index contributed by atoms with van der Waals surface area (Å²) in [6, 6.07) is 4.53. The number of furan rings is 1. The van der Waals surface area contributed by atoms with Crippen LogP contribution in [-0.2, 0) is 6.54 Å². The molecule has 1 aromatic heterocycles. The first-order valence-electron chi connectivity index (χ1n) is 5.38. The monoisotopic (exact) mass is 273 g/mol. The number of aliphatic hydroxyl groups excluding tert-OH is 1. The maximum atomic E-state index is 9.01. The van der Waals surface area contributed by atoms with Crippen LogP contribution in [0, 0.1) is 0 Å². The Morgan fingerprint density at radius 2 is 2.27 bits per heavy atom. The molecule has 1 saturated carbocycles. The summed E-state index contributed by atoms with van der Waals surface area (Å²) < 4.78 is 6.25. The van der Waals surface area contributed by atoms with Gasteiger partial charge in [0, 0.05) is 12.6 Å². The smallest absolute Gasteiger partial charge is 0.169 e. The third-order valence-corrected chi connectivity index (χ3v) is 3.39. The van der Waals surface area contributed by atoms with E-state index in [-0.39, 0.29) is 6.61 Å². The second kappa shape index (κ2) is 5.14. The fourth-order valence-electron chi connectivity index (χ4n) is 1.91. The SMILES string of the molecule is OCCN(Cc1ccc(Br)o1)C1CCC1. The van der Waals surface area contributed by atoms with E-state index in [2.05, 4.69) is 20.8 Å². The van der Waals surface area contributed by atoms with Gasteiger partial charge in [-0.15, -0.1) is 0 Å². The maximum absolute atomic E-state index is 9.01. The maximum Gasteiger partial charge on any atom is 0.169 e. The summed E-state index contributed by atoms with van der Waals surface area (Å²) in [5, 5.41) is 9.01. The largest absolute Gasteiger partial charge is 0.453 e. The zero-order valence-corrected chi connectivity index (χ0v) is 10.2. The van der Waals surface area contributed by atoms with E-state index in [0.717, 1.165) is 23.5 Å². The molecule has 1 aliphatic rings. The number of nitrogens with zero attached hydrogens (tertiary/aromatic N) is 1. The average Bonchev–Trinajstić information content (AvgIpc) is 2.48. The molecule has 2 rings (SSSR count). The number of hydrogen-bond acceptors (Lipinski definition) is 3. The summed E-state index contributed by atoms with van der Waals surface area (Å²) in [6.45, 7) is 1.76. The van der Waals surface area contributed by atoms with E-state index in [0.29, 0.717) is 6.04 Å². The van der Waals surface area contributed by atoms with Crippen molar-refractivity contribution >= 4 is 15.9 Å². The van der Waals surface area contributed by atoms with Gasteiger partial charge in [-0.1, -0.05) is 6.42 Å². The highest BCUT2D eigenvalue weighted by Crippen LogP contribution is 2.26. The minimum absolute atomic E-state index is 0.221. The van der Waals surface area contributed by atoms with Crippen molar-refractivity contribution < 1.29 is 9.52 Å². The normalized spacial score (nSPS) is 17.0. The highest BCUT2D eigenvalue weighted by Gasteiger charge is 2.25. The van der Waals surface area contributed by atoms with E-state index in [9.17, 15) is 0 Å². The fraction of sp³-hybridized carbons (Fsp3) is 0.636. The number of aliphatic hydroxyl groups is 1. The highest BCUT2D eigenvalue weighted by atomic mass is 79.9. The van der Waals surface area contributed by atoms with E-state index < -0.39 is 0 Å². The van der Waals surface area contributed by atoms with Crippen LogP contribution in [0.2, 0.25) is 0 Å². The van der Waals surface area contributed by atoms with Gasteiger partial charge < -0.3 is 9.52 Å². The fourth-order valence-corrected chi connectivity index (χ4v) is 2.25. The van der Waals surface area contributed by atoms with Crippen LogP contribution in [-0.4, -0.2) is 29.2 Å². The van der Waals surface area contributed by atoms with Gasteiger partial charge in [-0.2, -0.15) is 0 Å². The summed E-state index contributed by atoms with van der Waals surface area (Å²) in [4.78, 5) is 2.30. The Labute approximate surface area is 98.2 Å². The molecule has 1 N–H and O–H groups in total.